The highest BCUT2D eigenvalue weighted by molar-refractivity contribution is 5.63. The average molecular weight is 299 g/mol. The number of nitrogens with zero attached hydrogens (tertiary/aromatic N) is 2. The van der Waals surface area contributed by atoms with Crippen molar-refractivity contribution in [1.82, 2.24) is 9.55 Å². The van der Waals surface area contributed by atoms with Crippen LogP contribution in [0.25, 0.3) is 0 Å². The zero-order valence-corrected chi connectivity index (χ0v) is 12.7. The van der Waals surface area contributed by atoms with Crippen LogP contribution in [0.15, 0.2) is 24.3 Å². The lowest BCUT2D eigenvalue weighted by Crippen LogP contribution is -2.13. The number of hydrogen-bond donors (Lipinski definition) is 1. The molecule has 0 bridgehead atoms. The summed E-state index contributed by atoms with van der Waals surface area (Å²) in [6.45, 7) is 3.70. The molecule has 22 heavy (non-hydrogen) atoms. The van der Waals surface area contributed by atoms with Gasteiger partial charge in [0.1, 0.15) is 5.69 Å². The number of anilines is 1. The Morgan fingerprint density at radius 2 is 2.00 bits per heavy atom. The molecular formula is C16H17N3O3. The predicted octanol–water partition coefficient (Wildman–Crippen LogP) is 2.25. The van der Waals surface area contributed by atoms with Crippen LogP contribution < -0.4 is 10.5 Å². The Morgan fingerprint density at radius 3 is 2.64 bits per heavy atom. The van der Waals surface area contributed by atoms with Gasteiger partial charge in [-0.1, -0.05) is 5.92 Å². The maximum Gasteiger partial charge on any atom is 0.515 e. The Bertz CT molecular complexity index is 736. The van der Waals surface area contributed by atoms with Gasteiger partial charge in [-0.3, -0.25) is 4.57 Å². The third-order valence-corrected chi connectivity index (χ3v) is 2.88. The van der Waals surface area contributed by atoms with Gasteiger partial charge in [0.25, 0.3) is 0 Å². The van der Waals surface area contributed by atoms with Crippen molar-refractivity contribution >= 4 is 11.8 Å². The summed E-state index contributed by atoms with van der Waals surface area (Å²) in [5, 5.41) is 0. The van der Waals surface area contributed by atoms with Crippen molar-refractivity contribution in [3.05, 3.63) is 41.3 Å². The molecule has 0 aliphatic rings. The molecule has 114 valence electrons. The maximum atomic E-state index is 11.4. The minimum absolute atomic E-state index is 0.250. The number of benzene rings is 1. The molecule has 2 aromatic rings. The van der Waals surface area contributed by atoms with E-state index in [0.29, 0.717) is 23.1 Å². The fourth-order valence-electron chi connectivity index (χ4n) is 1.80. The lowest BCUT2D eigenvalue weighted by Gasteiger charge is -2.05. The molecule has 0 amide bonds. The highest BCUT2D eigenvalue weighted by atomic mass is 16.7. The molecule has 2 N–H and O–H groups in total. The summed E-state index contributed by atoms with van der Waals surface area (Å²) in [7, 11) is 1.72. The van der Waals surface area contributed by atoms with E-state index in [2.05, 4.69) is 16.8 Å². The van der Waals surface area contributed by atoms with Crippen LogP contribution in [-0.2, 0) is 11.8 Å². The van der Waals surface area contributed by atoms with Gasteiger partial charge in [-0.2, -0.15) is 0 Å². The van der Waals surface area contributed by atoms with Gasteiger partial charge in [0.05, 0.1) is 6.61 Å². The molecule has 0 saturated carbocycles. The SMILES string of the molecule is CCOC(=O)Oc1c(C)nc(C#Cc2ccc(N)cc2)n1C. The van der Waals surface area contributed by atoms with Crippen molar-refractivity contribution in [3.8, 4) is 17.7 Å². The minimum Gasteiger partial charge on any atom is -0.434 e. The molecule has 6 nitrogen and oxygen atoms in total. The summed E-state index contributed by atoms with van der Waals surface area (Å²) >= 11 is 0. The molecular weight excluding hydrogens is 282 g/mol. The number of aryl methyl sites for hydroxylation is 1. The van der Waals surface area contributed by atoms with E-state index in [1.165, 1.54) is 0 Å². The Kier molecular flexibility index (Phi) is 4.69. The van der Waals surface area contributed by atoms with Crippen LogP contribution in [0.1, 0.15) is 24.0 Å². The third kappa shape index (κ3) is 3.58. The normalized spacial score (nSPS) is 9.77. The second kappa shape index (κ2) is 6.68. The molecule has 0 radical (unpaired) electrons. The third-order valence-electron chi connectivity index (χ3n) is 2.88. The van der Waals surface area contributed by atoms with Crippen molar-refractivity contribution in [1.29, 1.82) is 0 Å². The first kappa shape index (κ1) is 15.4. The van der Waals surface area contributed by atoms with Crippen molar-refractivity contribution in [2.75, 3.05) is 12.3 Å². The Hall–Kier alpha value is -2.94. The zero-order chi connectivity index (χ0) is 16.1. The van der Waals surface area contributed by atoms with E-state index in [0.717, 1.165) is 5.56 Å². The number of aromatic nitrogens is 2. The number of carbonyl (C=O) groups excluding carboxylic acids is 1. The summed E-state index contributed by atoms with van der Waals surface area (Å²) in [6, 6.07) is 7.22. The van der Waals surface area contributed by atoms with Crippen molar-refractivity contribution < 1.29 is 14.3 Å². The first-order valence-corrected chi connectivity index (χ1v) is 6.76. The molecule has 0 atom stereocenters. The van der Waals surface area contributed by atoms with Crippen molar-refractivity contribution in [2.45, 2.75) is 13.8 Å². The average Bonchev–Trinajstić information content (AvgIpc) is 2.75. The molecule has 0 aliphatic heterocycles. The molecule has 1 heterocycles. The fraction of sp³-hybridized carbons (Fsp3) is 0.250. The molecule has 0 spiro atoms. The van der Waals surface area contributed by atoms with Gasteiger partial charge in [-0.25, -0.2) is 9.78 Å². The minimum atomic E-state index is -0.758. The Morgan fingerprint density at radius 1 is 1.32 bits per heavy atom. The van der Waals surface area contributed by atoms with Crippen LogP contribution >= 0.6 is 0 Å². The van der Waals surface area contributed by atoms with E-state index in [4.69, 9.17) is 15.2 Å². The van der Waals surface area contributed by atoms with Gasteiger partial charge < -0.3 is 15.2 Å². The van der Waals surface area contributed by atoms with Gasteiger partial charge in [0.2, 0.25) is 5.88 Å². The Labute approximate surface area is 128 Å². The number of hydrogen-bond acceptors (Lipinski definition) is 5. The van der Waals surface area contributed by atoms with Crippen LogP contribution in [0.4, 0.5) is 10.5 Å². The second-order valence-corrected chi connectivity index (χ2v) is 4.54. The molecule has 0 unspecified atom stereocenters. The first-order valence-electron chi connectivity index (χ1n) is 6.76. The van der Waals surface area contributed by atoms with Crippen molar-refractivity contribution in [2.24, 2.45) is 7.05 Å². The van der Waals surface area contributed by atoms with Gasteiger partial charge in [-0.05, 0) is 44.0 Å². The number of nitrogen functional groups attached to an aromatic ring is 1. The molecule has 1 aromatic heterocycles. The smallest absolute Gasteiger partial charge is 0.434 e. The van der Waals surface area contributed by atoms with Gasteiger partial charge in [-0.15, -0.1) is 0 Å². The van der Waals surface area contributed by atoms with E-state index < -0.39 is 6.16 Å². The molecule has 6 heteroatoms. The number of nitrogens with two attached hydrogens (primary N) is 1. The summed E-state index contributed by atoms with van der Waals surface area (Å²) in [6.07, 6.45) is -0.758. The van der Waals surface area contributed by atoms with Gasteiger partial charge >= 0.3 is 6.16 Å². The van der Waals surface area contributed by atoms with Crippen LogP contribution in [0.3, 0.4) is 0 Å². The van der Waals surface area contributed by atoms with Gasteiger partial charge in [0, 0.05) is 18.3 Å². The number of carbonyl (C=O) groups is 1. The van der Waals surface area contributed by atoms with E-state index in [1.54, 1.807) is 37.6 Å². The topological polar surface area (TPSA) is 79.4 Å². The monoisotopic (exact) mass is 299 g/mol. The molecule has 2 rings (SSSR count). The number of rotatable bonds is 2. The largest absolute Gasteiger partial charge is 0.515 e. The molecule has 0 aliphatic carbocycles. The lowest BCUT2D eigenvalue weighted by molar-refractivity contribution is 0.101. The zero-order valence-electron chi connectivity index (χ0n) is 12.7. The summed E-state index contributed by atoms with van der Waals surface area (Å²) in [5.41, 5.74) is 7.70. The molecule has 0 fully saturated rings. The maximum absolute atomic E-state index is 11.4. The number of ether oxygens (including phenoxy) is 2. The highest BCUT2D eigenvalue weighted by Gasteiger charge is 2.15. The predicted molar refractivity (Wildman–Crippen MR) is 82.4 cm³/mol. The van der Waals surface area contributed by atoms with E-state index in [-0.39, 0.29) is 6.61 Å². The van der Waals surface area contributed by atoms with E-state index in [1.807, 2.05) is 12.1 Å². The van der Waals surface area contributed by atoms with Crippen LogP contribution in [0.2, 0.25) is 0 Å². The Balaban J connectivity index is 2.23. The van der Waals surface area contributed by atoms with Crippen molar-refractivity contribution in [3.63, 3.8) is 0 Å². The highest BCUT2D eigenvalue weighted by Crippen LogP contribution is 2.18. The standard InChI is InChI=1S/C16H17N3O3/c1-4-21-16(20)22-15-11(2)18-14(19(15)3)10-7-12-5-8-13(17)9-6-12/h5-6,8-9H,4,17H2,1-3H3. The fourth-order valence-corrected chi connectivity index (χ4v) is 1.80. The summed E-state index contributed by atoms with van der Waals surface area (Å²) < 4.78 is 11.5. The van der Waals surface area contributed by atoms with E-state index in [9.17, 15) is 4.79 Å². The molecule has 1 aromatic carbocycles. The lowest BCUT2D eigenvalue weighted by atomic mass is 10.2. The van der Waals surface area contributed by atoms with Crippen LogP contribution in [0, 0.1) is 18.8 Å². The van der Waals surface area contributed by atoms with Crippen LogP contribution in [-0.4, -0.2) is 22.3 Å². The summed E-state index contributed by atoms with van der Waals surface area (Å²) in [4.78, 5) is 15.7. The quantitative estimate of drug-likeness (QED) is 0.522. The first-order chi connectivity index (χ1) is 10.5. The van der Waals surface area contributed by atoms with Crippen LogP contribution in [0.5, 0.6) is 5.88 Å². The van der Waals surface area contributed by atoms with E-state index >= 15 is 0 Å². The summed E-state index contributed by atoms with van der Waals surface area (Å²) in [5.74, 6) is 6.75. The second-order valence-electron chi connectivity index (χ2n) is 4.54. The number of imidazole rings is 1. The van der Waals surface area contributed by atoms with Gasteiger partial charge in [0.15, 0.2) is 5.82 Å². The molecule has 0 saturated heterocycles.